The van der Waals surface area contributed by atoms with Crippen LogP contribution in [-0.2, 0) is 11.3 Å². The average molecular weight is 349 g/mol. The van der Waals surface area contributed by atoms with E-state index in [1.807, 2.05) is 41.3 Å². The van der Waals surface area contributed by atoms with Crippen LogP contribution in [0.25, 0.3) is 5.69 Å². The average Bonchev–Trinajstić information content (AvgIpc) is 3.30. The van der Waals surface area contributed by atoms with Gasteiger partial charge >= 0.3 is 0 Å². The third-order valence-electron chi connectivity index (χ3n) is 4.61. The molecule has 1 saturated heterocycles. The standard InChI is InChI=1S/C19H19N5O2/c1-26-17-5-3-2-4-14(17)11-23-12-15(10-18(23)25)19-21-13-22-24(19)16-6-8-20-9-7-16/h2-9,13,15H,10-12H2,1H3/t15-/m0/s1. The topological polar surface area (TPSA) is 73.1 Å². The second-order valence-corrected chi connectivity index (χ2v) is 6.22. The molecule has 1 aliphatic heterocycles. The van der Waals surface area contributed by atoms with E-state index in [9.17, 15) is 4.79 Å². The number of hydrogen-bond acceptors (Lipinski definition) is 5. The van der Waals surface area contributed by atoms with E-state index in [1.165, 1.54) is 6.33 Å². The van der Waals surface area contributed by atoms with Crippen molar-refractivity contribution in [3.8, 4) is 11.4 Å². The van der Waals surface area contributed by atoms with E-state index in [0.717, 1.165) is 22.8 Å². The van der Waals surface area contributed by atoms with Crippen molar-refractivity contribution in [2.75, 3.05) is 13.7 Å². The molecular weight excluding hydrogens is 330 g/mol. The molecule has 2 aromatic heterocycles. The minimum absolute atomic E-state index is 0.00729. The van der Waals surface area contributed by atoms with Gasteiger partial charge in [-0.05, 0) is 18.2 Å². The first-order valence-electron chi connectivity index (χ1n) is 8.46. The Morgan fingerprint density at radius 2 is 2.00 bits per heavy atom. The van der Waals surface area contributed by atoms with Gasteiger partial charge in [-0.25, -0.2) is 9.67 Å². The van der Waals surface area contributed by atoms with Gasteiger partial charge in [0, 0.05) is 43.4 Å². The van der Waals surface area contributed by atoms with Gasteiger partial charge in [-0.1, -0.05) is 18.2 Å². The highest BCUT2D eigenvalue weighted by atomic mass is 16.5. The van der Waals surface area contributed by atoms with Crippen molar-refractivity contribution in [1.82, 2.24) is 24.6 Å². The lowest BCUT2D eigenvalue weighted by Crippen LogP contribution is -2.25. The summed E-state index contributed by atoms with van der Waals surface area (Å²) < 4.78 is 7.18. The van der Waals surface area contributed by atoms with Gasteiger partial charge in [0.2, 0.25) is 5.91 Å². The normalized spacial score (nSPS) is 16.9. The van der Waals surface area contributed by atoms with Crippen molar-refractivity contribution in [2.24, 2.45) is 0 Å². The summed E-state index contributed by atoms with van der Waals surface area (Å²) in [6.07, 6.45) is 5.39. The lowest BCUT2D eigenvalue weighted by Gasteiger charge is -2.18. The smallest absolute Gasteiger partial charge is 0.223 e. The van der Waals surface area contributed by atoms with Crippen LogP contribution in [0.15, 0.2) is 55.1 Å². The molecule has 26 heavy (non-hydrogen) atoms. The van der Waals surface area contributed by atoms with Crippen LogP contribution in [0.2, 0.25) is 0 Å². The SMILES string of the molecule is COc1ccccc1CN1C[C@@H](c2ncnn2-c2ccncc2)CC1=O. The van der Waals surface area contributed by atoms with E-state index in [0.29, 0.717) is 19.5 Å². The summed E-state index contributed by atoms with van der Waals surface area (Å²) >= 11 is 0. The molecule has 4 rings (SSSR count). The third kappa shape index (κ3) is 3.03. The van der Waals surface area contributed by atoms with Crippen LogP contribution in [0.3, 0.4) is 0 Å². The van der Waals surface area contributed by atoms with Crippen molar-refractivity contribution in [3.05, 3.63) is 66.5 Å². The van der Waals surface area contributed by atoms with E-state index in [4.69, 9.17) is 4.74 Å². The molecule has 1 aliphatic rings. The Morgan fingerprint density at radius 3 is 2.81 bits per heavy atom. The highest BCUT2D eigenvalue weighted by Gasteiger charge is 2.34. The zero-order valence-corrected chi connectivity index (χ0v) is 14.4. The van der Waals surface area contributed by atoms with Crippen LogP contribution in [0.4, 0.5) is 0 Å². The number of aromatic nitrogens is 4. The molecule has 3 heterocycles. The van der Waals surface area contributed by atoms with Crippen LogP contribution < -0.4 is 4.74 Å². The largest absolute Gasteiger partial charge is 0.496 e. The molecule has 0 unspecified atom stereocenters. The predicted molar refractivity (Wildman–Crippen MR) is 94.9 cm³/mol. The highest BCUT2D eigenvalue weighted by molar-refractivity contribution is 5.79. The molecule has 0 saturated carbocycles. The monoisotopic (exact) mass is 349 g/mol. The van der Waals surface area contributed by atoms with Crippen LogP contribution in [0, 0.1) is 0 Å². The molecule has 7 heteroatoms. The fourth-order valence-corrected chi connectivity index (χ4v) is 3.35. The lowest BCUT2D eigenvalue weighted by molar-refractivity contribution is -0.128. The Kier molecular flexibility index (Phi) is 4.35. The van der Waals surface area contributed by atoms with E-state index < -0.39 is 0 Å². The number of rotatable bonds is 5. The summed E-state index contributed by atoms with van der Waals surface area (Å²) in [5.74, 6) is 1.72. The first kappa shape index (κ1) is 16.3. The number of methoxy groups -OCH3 is 1. The molecule has 1 aromatic carbocycles. The number of carbonyl (C=O) groups excluding carboxylic acids is 1. The zero-order chi connectivity index (χ0) is 17.9. The van der Waals surface area contributed by atoms with Gasteiger partial charge in [-0.3, -0.25) is 9.78 Å². The number of benzene rings is 1. The Labute approximate surface area is 151 Å². The molecule has 0 aliphatic carbocycles. The second-order valence-electron chi connectivity index (χ2n) is 6.22. The van der Waals surface area contributed by atoms with Crippen molar-refractivity contribution >= 4 is 5.91 Å². The highest BCUT2D eigenvalue weighted by Crippen LogP contribution is 2.30. The number of nitrogens with zero attached hydrogens (tertiary/aromatic N) is 5. The molecule has 132 valence electrons. The number of para-hydroxylation sites is 1. The van der Waals surface area contributed by atoms with Gasteiger partial charge in [0.15, 0.2) is 0 Å². The van der Waals surface area contributed by atoms with Crippen LogP contribution in [0.5, 0.6) is 5.75 Å². The van der Waals surface area contributed by atoms with E-state index in [1.54, 1.807) is 24.2 Å². The molecule has 0 spiro atoms. The van der Waals surface area contributed by atoms with Crippen LogP contribution in [-0.4, -0.2) is 44.2 Å². The minimum atomic E-state index is 0.00729. The maximum absolute atomic E-state index is 12.5. The minimum Gasteiger partial charge on any atom is -0.496 e. The van der Waals surface area contributed by atoms with Gasteiger partial charge < -0.3 is 9.64 Å². The van der Waals surface area contributed by atoms with Crippen molar-refractivity contribution in [3.63, 3.8) is 0 Å². The summed E-state index contributed by atoms with van der Waals surface area (Å²) in [6.45, 7) is 1.14. The lowest BCUT2D eigenvalue weighted by atomic mass is 10.1. The predicted octanol–water partition coefficient (Wildman–Crippen LogP) is 2.19. The summed E-state index contributed by atoms with van der Waals surface area (Å²) in [5, 5.41) is 4.32. The van der Waals surface area contributed by atoms with Crippen molar-refractivity contribution in [1.29, 1.82) is 0 Å². The Hall–Kier alpha value is -3.22. The molecule has 0 N–H and O–H groups in total. The molecule has 0 bridgehead atoms. The van der Waals surface area contributed by atoms with Gasteiger partial charge in [-0.2, -0.15) is 5.10 Å². The fourth-order valence-electron chi connectivity index (χ4n) is 3.35. The molecule has 1 fully saturated rings. The number of pyridine rings is 1. The molecule has 0 radical (unpaired) electrons. The first-order chi connectivity index (χ1) is 12.8. The van der Waals surface area contributed by atoms with E-state index in [-0.39, 0.29) is 11.8 Å². The van der Waals surface area contributed by atoms with Gasteiger partial charge in [0.25, 0.3) is 0 Å². The third-order valence-corrected chi connectivity index (χ3v) is 4.61. The maximum atomic E-state index is 12.5. The molecule has 3 aromatic rings. The maximum Gasteiger partial charge on any atom is 0.223 e. The second kappa shape index (κ2) is 6.95. The van der Waals surface area contributed by atoms with Crippen molar-refractivity contribution < 1.29 is 9.53 Å². The van der Waals surface area contributed by atoms with Crippen LogP contribution in [0.1, 0.15) is 23.7 Å². The number of hydrogen-bond donors (Lipinski definition) is 0. The van der Waals surface area contributed by atoms with Crippen molar-refractivity contribution in [2.45, 2.75) is 18.9 Å². The molecule has 1 atom stereocenters. The summed E-state index contributed by atoms with van der Waals surface area (Å²) in [7, 11) is 1.64. The summed E-state index contributed by atoms with van der Waals surface area (Å²) in [4.78, 5) is 22.9. The van der Waals surface area contributed by atoms with Gasteiger partial charge in [-0.15, -0.1) is 0 Å². The molecule has 1 amide bonds. The van der Waals surface area contributed by atoms with Gasteiger partial charge in [0.05, 0.1) is 12.8 Å². The summed E-state index contributed by atoms with van der Waals surface area (Å²) in [5.41, 5.74) is 1.89. The number of carbonyl (C=O) groups is 1. The zero-order valence-electron chi connectivity index (χ0n) is 14.4. The summed E-state index contributed by atoms with van der Waals surface area (Å²) in [6, 6.07) is 11.5. The number of ether oxygens (including phenoxy) is 1. The Morgan fingerprint density at radius 1 is 1.19 bits per heavy atom. The number of amides is 1. The van der Waals surface area contributed by atoms with E-state index in [2.05, 4.69) is 15.1 Å². The quantitative estimate of drug-likeness (QED) is 0.706. The van der Waals surface area contributed by atoms with E-state index >= 15 is 0 Å². The first-order valence-corrected chi connectivity index (χ1v) is 8.46. The molecule has 7 nitrogen and oxygen atoms in total. The Balaban J connectivity index is 1.55. The number of likely N-dealkylation sites (tertiary alicyclic amines) is 1. The van der Waals surface area contributed by atoms with Gasteiger partial charge in [0.1, 0.15) is 17.9 Å². The fraction of sp³-hybridized carbons (Fsp3) is 0.263. The van der Waals surface area contributed by atoms with Crippen LogP contribution >= 0.6 is 0 Å². The Bertz CT molecular complexity index is 909. The molecular formula is C19H19N5O2.